The van der Waals surface area contributed by atoms with Gasteiger partial charge in [-0.25, -0.2) is 9.18 Å². The number of ether oxygens (including phenoxy) is 1. The van der Waals surface area contributed by atoms with Gasteiger partial charge in [-0.15, -0.1) is 0 Å². The van der Waals surface area contributed by atoms with Crippen LogP contribution < -0.4 is 11.1 Å². The van der Waals surface area contributed by atoms with Gasteiger partial charge < -0.3 is 15.8 Å². The number of nitrogens with one attached hydrogen (secondary N) is 1. The molecular weight excluding hydrogens is 315 g/mol. The maximum absolute atomic E-state index is 12.9. The summed E-state index contributed by atoms with van der Waals surface area (Å²) in [6.07, 6.45) is 0. The Kier molecular flexibility index (Phi) is 5.26. The molecule has 0 spiro atoms. The normalized spacial score (nSPS) is 10.1. The molecule has 0 fully saturated rings. The number of hydrogen-bond acceptors (Lipinski definition) is 5. The number of benzene rings is 2. The van der Waals surface area contributed by atoms with E-state index in [4.69, 9.17) is 10.5 Å². The highest BCUT2D eigenvalue weighted by molar-refractivity contribution is 5.98. The lowest BCUT2D eigenvalue weighted by Crippen LogP contribution is -2.21. The molecule has 1 amide bonds. The summed E-state index contributed by atoms with van der Waals surface area (Å²) in [6, 6.07) is 9.53. The third kappa shape index (κ3) is 4.39. The van der Waals surface area contributed by atoms with Crippen LogP contribution in [0, 0.1) is 5.82 Å². The highest BCUT2D eigenvalue weighted by atomic mass is 19.1. The number of esters is 1. The Bertz CT molecular complexity index is 788. The van der Waals surface area contributed by atoms with Crippen LogP contribution in [0.3, 0.4) is 0 Å². The average Bonchev–Trinajstić information content (AvgIpc) is 2.53. The molecule has 2 rings (SSSR count). The van der Waals surface area contributed by atoms with Crippen LogP contribution in [0.2, 0.25) is 0 Å². The zero-order valence-corrected chi connectivity index (χ0v) is 12.8. The molecule has 0 aromatic heterocycles. The van der Waals surface area contributed by atoms with Crippen LogP contribution in [-0.4, -0.2) is 24.3 Å². The molecule has 0 saturated carbocycles. The van der Waals surface area contributed by atoms with Gasteiger partial charge >= 0.3 is 5.97 Å². The Morgan fingerprint density at radius 2 is 1.79 bits per heavy atom. The number of nitrogen functional groups attached to an aromatic ring is 1. The molecule has 0 heterocycles. The summed E-state index contributed by atoms with van der Waals surface area (Å²) in [7, 11) is 0. The van der Waals surface area contributed by atoms with Crippen LogP contribution in [0.1, 0.15) is 27.6 Å². The number of hydrogen-bond donors (Lipinski definition) is 2. The number of amides is 1. The van der Waals surface area contributed by atoms with Gasteiger partial charge in [0.05, 0.1) is 5.56 Å². The zero-order valence-electron chi connectivity index (χ0n) is 12.8. The predicted molar refractivity (Wildman–Crippen MR) is 86.2 cm³/mol. The fourth-order valence-electron chi connectivity index (χ4n) is 1.91. The van der Waals surface area contributed by atoms with Crippen molar-refractivity contribution in [1.29, 1.82) is 0 Å². The smallest absolute Gasteiger partial charge is 0.340 e. The summed E-state index contributed by atoms with van der Waals surface area (Å²) in [5.74, 6) is -2.04. The fraction of sp³-hybridized carbons (Fsp3) is 0.118. The van der Waals surface area contributed by atoms with E-state index in [1.54, 1.807) is 24.3 Å². The molecule has 0 aliphatic rings. The van der Waals surface area contributed by atoms with Gasteiger partial charge in [-0.05, 0) is 49.4 Å². The van der Waals surface area contributed by atoms with Crippen LogP contribution in [0.4, 0.5) is 15.8 Å². The van der Waals surface area contributed by atoms with Crippen molar-refractivity contribution in [3.8, 4) is 0 Å². The molecular formula is C17H15FN2O4. The third-order valence-corrected chi connectivity index (χ3v) is 3.14. The number of carbonyl (C=O) groups is 3. The van der Waals surface area contributed by atoms with E-state index in [1.165, 1.54) is 13.0 Å². The first-order valence-corrected chi connectivity index (χ1v) is 7.00. The second kappa shape index (κ2) is 7.36. The van der Waals surface area contributed by atoms with Crippen LogP contribution in [-0.2, 0) is 9.53 Å². The third-order valence-electron chi connectivity index (χ3n) is 3.14. The second-order valence-corrected chi connectivity index (χ2v) is 4.99. The number of carbonyl (C=O) groups excluding carboxylic acids is 3. The summed E-state index contributed by atoms with van der Waals surface area (Å²) in [6.45, 7) is 0.915. The van der Waals surface area contributed by atoms with Crippen LogP contribution in [0.5, 0.6) is 0 Å². The minimum Gasteiger partial charge on any atom is -0.452 e. The van der Waals surface area contributed by atoms with E-state index in [2.05, 4.69) is 5.32 Å². The molecule has 0 unspecified atom stereocenters. The van der Waals surface area contributed by atoms with Crippen molar-refractivity contribution >= 4 is 29.0 Å². The quantitative estimate of drug-likeness (QED) is 0.498. The standard InChI is InChI=1S/C17H15FN2O4/c1-10(21)11-2-5-13(6-3-11)20-16(22)9-24-17(23)14-7-4-12(18)8-15(14)19/h2-8H,9,19H2,1H3,(H,20,22). The molecule has 0 atom stereocenters. The molecule has 7 heteroatoms. The second-order valence-electron chi connectivity index (χ2n) is 4.99. The van der Waals surface area contributed by atoms with Crippen molar-refractivity contribution in [3.63, 3.8) is 0 Å². The van der Waals surface area contributed by atoms with Gasteiger partial charge in [0, 0.05) is 16.9 Å². The van der Waals surface area contributed by atoms with E-state index in [9.17, 15) is 18.8 Å². The number of rotatable bonds is 5. The van der Waals surface area contributed by atoms with Gasteiger partial charge in [-0.2, -0.15) is 0 Å². The van der Waals surface area contributed by atoms with Crippen molar-refractivity contribution in [3.05, 3.63) is 59.4 Å². The van der Waals surface area contributed by atoms with Gasteiger partial charge in [-0.3, -0.25) is 9.59 Å². The minimum absolute atomic E-state index is 0.0185. The summed E-state index contributed by atoms with van der Waals surface area (Å²) >= 11 is 0. The topological polar surface area (TPSA) is 98.5 Å². The number of anilines is 2. The first-order chi connectivity index (χ1) is 11.4. The number of ketones is 1. The Hall–Kier alpha value is -3.22. The molecule has 2 aromatic rings. The van der Waals surface area contributed by atoms with Crippen molar-refractivity contribution in [2.24, 2.45) is 0 Å². The SMILES string of the molecule is CC(=O)c1ccc(NC(=O)COC(=O)c2ccc(F)cc2N)cc1. The number of halogens is 1. The Morgan fingerprint density at radius 1 is 1.12 bits per heavy atom. The molecule has 24 heavy (non-hydrogen) atoms. The van der Waals surface area contributed by atoms with Crippen molar-refractivity contribution in [2.45, 2.75) is 6.92 Å². The van der Waals surface area contributed by atoms with Gasteiger partial charge in [0.25, 0.3) is 5.91 Å². The van der Waals surface area contributed by atoms with Gasteiger partial charge in [-0.1, -0.05) is 0 Å². The van der Waals surface area contributed by atoms with Crippen molar-refractivity contribution < 1.29 is 23.5 Å². The lowest BCUT2D eigenvalue weighted by molar-refractivity contribution is -0.119. The lowest BCUT2D eigenvalue weighted by atomic mass is 10.1. The number of nitrogens with two attached hydrogens (primary N) is 1. The molecule has 0 radical (unpaired) electrons. The zero-order chi connectivity index (χ0) is 17.7. The molecule has 124 valence electrons. The van der Waals surface area contributed by atoms with E-state index in [0.29, 0.717) is 11.3 Å². The van der Waals surface area contributed by atoms with E-state index >= 15 is 0 Å². The Labute approximate surface area is 137 Å². The largest absolute Gasteiger partial charge is 0.452 e. The monoisotopic (exact) mass is 330 g/mol. The van der Waals surface area contributed by atoms with E-state index in [1.807, 2.05) is 0 Å². The van der Waals surface area contributed by atoms with Crippen molar-refractivity contribution in [1.82, 2.24) is 0 Å². The number of Topliss-reactive ketones (excluding diaryl/α,β-unsaturated/α-hetero) is 1. The van der Waals surface area contributed by atoms with Crippen LogP contribution >= 0.6 is 0 Å². The predicted octanol–water partition coefficient (Wildman–Crippen LogP) is 2.41. The average molecular weight is 330 g/mol. The van der Waals surface area contributed by atoms with E-state index < -0.39 is 24.3 Å². The first kappa shape index (κ1) is 17.1. The Morgan fingerprint density at radius 3 is 2.38 bits per heavy atom. The van der Waals surface area contributed by atoms with Gasteiger partial charge in [0.1, 0.15) is 5.82 Å². The van der Waals surface area contributed by atoms with E-state index in [-0.39, 0.29) is 17.0 Å². The van der Waals surface area contributed by atoms with Crippen LogP contribution in [0.25, 0.3) is 0 Å². The highest BCUT2D eigenvalue weighted by Crippen LogP contribution is 2.15. The summed E-state index contributed by atoms with van der Waals surface area (Å²) in [5.41, 5.74) is 6.41. The summed E-state index contributed by atoms with van der Waals surface area (Å²) < 4.78 is 17.8. The first-order valence-electron chi connectivity index (χ1n) is 7.00. The minimum atomic E-state index is -0.824. The maximum atomic E-state index is 12.9. The Balaban J connectivity index is 1.90. The molecule has 2 aromatic carbocycles. The molecule has 0 saturated heterocycles. The molecule has 3 N–H and O–H groups in total. The van der Waals surface area contributed by atoms with Gasteiger partial charge in [0.15, 0.2) is 12.4 Å². The summed E-state index contributed by atoms with van der Waals surface area (Å²) in [4.78, 5) is 34.7. The lowest BCUT2D eigenvalue weighted by Gasteiger charge is -2.08. The highest BCUT2D eigenvalue weighted by Gasteiger charge is 2.14. The molecule has 0 aliphatic heterocycles. The van der Waals surface area contributed by atoms with Gasteiger partial charge in [0.2, 0.25) is 0 Å². The molecule has 0 bridgehead atoms. The van der Waals surface area contributed by atoms with Crippen LogP contribution in [0.15, 0.2) is 42.5 Å². The molecule has 6 nitrogen and oxygen atoms in total. The molecule has 0 aliphatic carbocycles. The summed E-state index contributed by atoms with van der Waals surface area (Å²) in [5, 5.41) is 2.52. The van der Waals surface area contributed by atoms with E-state index in [0.717, 1.165) is 12.1 Å². The maximum Gasteiger partial charge on any atom is 0.340 e. The van der Waals surface area contributed by atoms with Crippen molar-refractivity contribution in [2.75, 3.05) is 17.7 Å². The fourth-order valence-corrected chi connectivity index (χ4v) is 1.91.